The van der Waals surface area contributed by atoms with Crippen LogP contribution in [0.3, 0.4) is 0 Å². The molecule has 4 heteroatoms. The van der Waals surface area contributed by atoms with Crippen molar-refractivity contribution in [2.45, 2.75) is 43.9 Å². The molecule has 0 aromatic carbocycles. The van der Waals surface area contributed by atoms with Gasteiger partial charge in [0.05, 0.1) is 17.1 Å². The van der Waals surface area contributed by atoms with E-state index in [0.717, 1.165) is 12.8 Å². The first kappa shape index (κ1) is 10.7. The van der Waals surface area contributed by atoms with Gasteiger partial charge in [0.15, 0.2) is 0 Å². The van der Waals surface area contributed by atoms with E-state index in [9.17, 15) is 4.21 Å². The van der Waals surface area contributed by atoms with Gasteiger partial charge in [-0.25, -0.2) is 8.51 Å². The van der Waals surface area contributed by atoms with Crippen LogP contribution in [-0.2, 0) is 11.0 Å². The third-order valence-corrected chi connectivity index (χ3v) is 4.53. The van der Waals surface area contributed by atoms with Gasteiger partial charge >= 0.3 is 0 Å². The standard InChI is InChI=1S/C9H16N2OS/c1-8(7-10)11(2)13(12)9-5-3-4-6-9/h8-9H,3-6H2,1-2H3. The topological polar surface area (TPSA) is 44.1 Å². The van der Waals surface area contributed by atoms with Crippen molar-refractivity contribution in [1.82, 2.24) is 4.31 Å². The minimum Gasteiger partial charge on any atom is -0.242 e. The molecule has 1 aliphatic rings. The van der Waals surface area contributed by atoms with Gasteiger partial charge in [-0.2, -0.15) is 5.26 Å². The van der Waals surface area contributed by atoms with Crippen LogP contribution in [0.4, 0.5) is 0 Å². The summed E-state index contributed by atoms with van der Waals surface area (Å²) in [6, 6.07) is 1.85. The first-order valence-electron chi connectivity index (χ1n) is 4.70. The van der Waals surface area contributed by atoms with Gasteiger partial charge in [0.25, 0.3) is 0 Å². The highest BCUT2D eigenvalue weighted by atomic mass is 32.2. The lowest BCUT2D eigenvalue weighted by Crippen LogP contribution is -2.34. The van der Waals surface area contributed by atoms with E-state index in [1.807, 2.05) is 0 Å². The van der Waals surface area contributed by atoms with Crippen molar-refractivity contribution in [1.29, 1.82) is 5.26 Å². The van der Waals surface area contributed by atoms with Gasteiger partial charge < -0.3 is 0 Å². The van der Waals surface area contributed by atoms with Crippen LogP contribution in [-0.4, -0.2) is 26.9 Å². The van der Waals surface area contributed by atoms with Crippen LogP contribution in [0.15, 0.2) is 0 Å². The fourth-order valence-electron chi connectivity index (χ4n) is 1.56. The lowest BCUT2D eigenvalue weighted by atomic mass is 10.4. The van der Waals surface area contributed by atoms with E-state index in [0.29, 0.717) is 5.25 Å². The van der Waals surface area contributed by atoms with Gasteiger partial charge in [0.2, 0.25) is 0 Å². The zero-order valence-electron chi connectivity index (χ0n) is 8.19. The maximum atomic E-state index is 11.8. The van der Waals surface area contributed by atoms with Crippen molar-refractivity contribution in [2.75, 3.05) is 7.05 Å². The summed E-state index contributed by atoms with van der Waals surface area (Å²) in [5.41, 5.74) is 0. The van der Waals surface area contributed by atoms with E-state index in [1.165, 1.54) is 12.8 Å². The molecule has 1 saturated carbocycles. The highest BCUT2D eigenvalue weighted by molar-refractivity contribution is 7.83. The van der Waals surface area contributed by atoms with Gasteiger partial charge in [-0.05, 0) is 19.8 Å². The van der Waals surface area contributed by atoms with Gasteiger partial charge in [-0.15, -0.1) is 0 Å². The monoisotopic (exact) mass is 200 g/mol. The average molecular weight is 200 g/mol. The van der Waals surface area contributed by atoms with Crippen LogP contribution >= 0.6 is 0 Å². The van der Waals surface area contributed by atoms with E-state index in [1.54, 1.807) is 18.3 Å². The number of nitrogens with zero attached hydrogens (tertiary/aromatic N) is 2. The van der Waals surface area contributed by atoms with Gasteiger partial charge in [0, 0.05) is 12.3 Å². The van der Waals surface area contributed by atoms with Gasteiger partial charge in [-0.1, -0.05) is 12.8 Å². The SMILES string of the molecule is CC(C#N)N(C)S(=O)C1CCCC1. The van der Waals surface area contributed by atoms with Crippen molar-refractivity contribution in [3.63, 3.8) is 0 Å². The molecular weight excluding hydrogens is 184 g/mol. The molecule has 0 amide bonds. The maximum Gasteiger partial charge on any atom is 0.106 e. The molecule has 1 fully saturated rings. The molecule has 0 radical (unpaired) electrons. The Hall–Kier alpha value is -0.400. The van der Waals surface area contributed by atoms with Crippen LogP contribution in [0.2, 0.25) is 0 Å². The first-order valence-corrected chi connectivity index (χ1v) is 5.87. The van der Waals surface area contributed by atoms with Crippen LogP contribution < -0.4 is 0 Å². The second kappa shape index (κ2) is 4.73. The molecule has 13 heavy (non-hydrogen) atoms. The molecule has 0 spiro atoms. The summed E-state index contributed by atoms with van der Waals surface area (Å²) >= 11 is 0. The molecule has 2 unspecified atom stereocenters. The molecule has 0 saturated heterocycles. The highest BCUT2D eigenvalue weighted by Gasteiger charge is 2.26. The fraction of sp³-hybridized carbons (Fsp3) is 0.889. The normalized spacial score (nSPS) is 22.9. The Bertz CT molecular complexity index is 230. The first-order chi connectivity index (χ1) is 6.16. The zero-order valence-corrected chi connectivity index (χ0v) is 9.01. The summed E-state index contributed by atoms with van der Waals surface area (Å²) in [7, 11) is 0.807. The molecular formula is C9H16N2OS. The number of hydrogen-bond acceptors (Lipinski definition) is 2. The highest BCUT2D eigenvalue weighted by Crippen LogP contribution is 2.24. The predicted octanol–water partition coefficient (Wildman–Crippen LogP) is 1.44. The molecule has 0 bridgehead atoms. The van der Waals surface area contributed by atoms with E-state index < -0.39 is 11.0 Å². The lowest BCUT2D eigenvalue weighted by molar-refractivity contribution is 0.476. The number of rotatable bonds is 3. The fourth-order valence-corrected chi connectivity index (χ4v) is 3.13. The Morgan fingerprint density at radius 2 is 2.08 bits per heavy atom. The summed E-state index contributed by atoms with van der Waals surface area (Å²) in [5, 5.41) is 8.96. The van der Waals surface area contributed by atoms with Crippen LogP contribution in [0, 0.1) is 11.3 Å². The molecule has 0 aromatic rings. The van der Waals surface area contributed by atoms with Crippen LogP contribution in [0.1, 0.15) is 32.6 Å². The Morgan fingerprint density at radius 3 is 2.54 bits per heavy atom. The molecule has 3 nitrogen and oxygen atoms in total. The molecule has 0 N–H and O–H groups in total. The minimum absolute atomic E-state index is 0.249. The maximum absolute atomic E-state index is 11.8. The third-order valence-electron chi connectivity index (χ3n) is 2.60. The summed E-state index contributed by atoms with van der Waals surface area (Å²) in [6.07, 6.45) is 4.47. The van der Waals surface area contributed by atoms with E-state index >= 15 is 0 Å². The molecule has 1 rings (SSSR count). The zero-order chi connectivity index (χ0) is 9.84. The molecule has 74 valence electrons. The van der Waals surface area contributed by atoms with E-state index in [2.05, 4.69) is 6.07 Å². The second-order valence-corrected chi connectivity index (χ2v) is 5.33. The molecule has 0 aliphatic heterocycles. The summed E-state index contributed by atoms with van der Waals surface area (Å²) < 4.78 is 13.5. The molecule has 2 atom stereocenters. The largest absolute Gasteiger partial charge is 0.242 e. The van der Waals surface area contributed by atoms with Gasteiger partial charge in [0.1, 0.15) is 6.04 Å². The lowest BCUT2D eigenvalue weighted by Gasteiger charge is -2.21. The molecule has 0 aromatic heterocycles. The second-order valence-electron chi connectivity index (χ2n) is 3.53. The summed E-state index contributed by atoms with van der Waals surface area (Å²) in [4.78, 5) is 0. The van der Waals surface area contributed by atoms with Crippen molar-refractivity contribution < 1.29 is 4.21 Å². The average Bonchev–Trinajstić information content (AvgIpc) is 2.67. The molecule has 1 aliphatic carbocycles. The number of hydrogen-bond donors (Lipinski definition) is 0. The van der Waals surface area contributed by atoms with Crippen molar-refractivity contribution in [3.8, 4) is 6.07 Å². The Kier molecular flexibility index (Phi) is 3.89. The van der Waals surface area contributed by atoms with Crippen LogP contribution in [0.25, 0.3) is 0 Å². The van der Waals surface area contributed by atoms with Gasteiger partial charge in [-0.3, -0.25) is 0 Å². The molecule has 0 heterocycles. The van der Waals surface area contributed by atoms with Crippen molar-refractivity contribution >= 4 is 11.0 Å². The Labute approximate surface area is 82.3 Å². The summed E-state index contributed by atoms with van der Waals surface area (Å²) in [5.74, 6) is 0. The predicted molar refractivity (Wildman–Crippen MR) is 53.2 cm³/mol. The minimum atomic E-state index is -0.959. The Morgan fingerprint density at radius 1 is 1.54 bits per heavy atom. The Balaban J connectivity index is 2.51. The smallest absolute Gasteiger partial charge is 0.106 e. The number of nitriles is 1. The van der Waals surface area contributed by atoms with Crippen molar-refractivity contribution in [2.24, 2.45) is 0 Å². The van der Waals surface area contributed by atoms with E-state index in [4.69, 9.17) is 5.26 Å². The quantitative estimate of drug-likeness (QED) is 0.692. The third kappa shape index (κ3) is 2.52. The van der Waals surface area contributed by atoms with Crippen LogP contribution in [0.5, 0.6) is 0 Å². The van der Waals surface area contributed by atoms with Crippen molar-refractivity contribution in [3.05, 3.63) is 0 Å². The van der Waals surface area contributed by atoms with E-state index in [-0.39, 0.29) is 6.04 Å². The summed E-state index contributed by atoms with van der Waals surface area (Å²) in [6.45, 7) is 1.78.